The summed E-state index contributed by atoms with van der Waals surface area (Å²) in [6, 6.07) is 18.9. The summed E-state index contributed by atoms with van der Waals surface area (Å²) in [5.74, 6) is -0.0522. The first-order chi connectivity index (χ1) is 13.7. The zero-order valence-electron chi connectivity index (χ0n) is 15.2. The zero-order valence-corrected chi connectivity index (χ0v) is 15.2. The summed E-state index contributed by atoms with van der Waals surface area (Å²) in [6.07, 6.45) is 1.75. The fraction of sp³-hybridized carbons (Fsp3) is 0.136. The van der Waals surface area contributed by atoms with Crippen molar-refractivity contribution in [3.05, 3.63) is 89.9 Å². The summed E-state index contributed by atoms with van der Waals surface area (Å²) in [6.45, 7) is 0. The van der Waals surface area contributed by atoms with Crippen molar-refractivity contribution in [3.63, 3.8) is 0 Å². The third-order valence-electron chi connectivity index (χ3n) is 4.63. The van der Waals surface area contributed by atoms with Crippen LogP contribution in [-0.4, -0.2) is 35.6 Å². The number of Topliss-reactive ketones (excluding diaryl/α,β-unsaturated/α-hetero) is 1. The van der Waals surface area contributed by atoms with Crippen molar-refractivity contribution in [2.75, 3.05) is 7.11 Å². The van der Waals surface area contributed by atoms with Crippen LogP contribution in [0.3, 0.4) is 0 Å². The Hall–Kier alpha value is -3.67. The minimum absolute atomic E-state index is 0.201. The number of amides is 1. The molecule has 2 aromatic carbocycles. The van der Waals surface area contributed by atoms with Crippen molar-refractivity contribution in [1.29, 1.82) is 0 Å². The summed E-state index contributed by atoms with van der Waals surface area (Å²) >= 11 is 0. The van der Waals surface area contributed by atoms with Crippen LogP contribution in [0.4, 0.5) is 0 Å². The number of benzene rings is 2. The van der Waals surface area contributed by atoms with Gasteiger partial charge in [-0.05, 0) is 29.8 Å². The van der Waals surface area contributed by atoms with Gasteiger partial charge in [0.15, 0.2) is 5.76 Å². The molecule has 6 heteroatoms. The molecular weight excluding hydrogens is 356 g/mol. The van der Waals surface area contributed by atoms with Gasteiger partial charge in [-0.1, -0.05) is 42.5 Å². The first kappa shape index (κ1) is 17.7. The summed E-state index contributed by atoms with van der Waals surface area (Å²) in [5.41, 5.74) is 1.89. The fourth-order valence-electron chi connectivity index (χ4n) is 3.23. The number of para-hydroxylation sites is 1. The van der Waals surface area contributed by atoms with Crippen LogP contribution in [-0.2, 0) is 0 Å². The van der Waals surface area contributed by atoms with Crippen molar-refractivity contribution in [2.24, 2.45) is 5.10 Å². The van der Waals surface area contributed by atoms with Gasteiger partial charge in [-0.25, -0.2) is 5.01 Å². The predicted octanol–water partition coefficient (Wildman–Crippen LogP) is 3.79. The van der Waals surface area contributed by atoms with Gasteiger partial charge in [-0.15, -0.1) is 0 Å². The monoisotopic (exact) mass is 374 g/mol. The summed E-state index contributed by atoms with van der Waals surface area (Å²) in [4.78, 5) is 26.2. The molecular formula is C22H18N2O4. The van der Waals surface area contributed by atoms with Gasteiger partial charge in [0.25, 0.3) is 5.91 Å². The molecule has 1 aromatic heterocycles. The van der Waals surface area contributed by atoms with Crippen LogP contribution in [0.5, 0.6) is 5.75 Å². The van der Waals surface area contributed by atoms with E-state index in [1.807, 2.05) is 30.3 Å². The molecule has 0 bridgehead atoms. The van der Waals surface area contributed by atoms with Crippen LogP contribution in [0.2, 0.25) is 0 Å². The van der Waals surface area contributed by atoms with Gasteiger partial charge in [0.1, 0.15) is 11.8 Å². The standard InChI is InChI=1S/C22H18N2O4/c1-27-19-11-6-5-10-16(19)22(26)24-18(21(25)20-12-7-13-28-20)14-17(23-24)15-8-3-2-4-9-15/h2-13,18H,14H2,1H3/t18-/m0/s1. The van der Waals surface area contributed by atoms with Crippen LogP contribution in [0, 0.1) is 0 Å². The minimum Gasteiger partial charge on any atom is -0.496 e. The Morgan fingerprint density at radius 3 is 2.50 bits per heavy atom. The summed E-state index contributed by atoms with van der Waals surface area (Å²) < 4.78 is 10.6. The van der Waals surface area contributed by atoms with Gasteiger partial charge in [0, 0.05) is 6.42 Å². The Morgan fingerprint density at radius 2 is 1.79 bits per heavy atom. The molecule has 0 unspecified atom stereocenters. The number of ketones is 1. The summed E-state index contributed by atoms with van der Waals surface area (Å²) in [7, 11) is 1.50. The highest BCUT2D eigenvalue weighted by Gasteiger charge is 2.39. The van der Waals surface area contributed by atoms with Crippen LogP contribution in [0.1, 0.15) is 32.9 Å². The minimum atomic E-state index is -0.779. The first-order valence-electron chi connectivity index (χ1n) is 8.86. The maximum absolute atomic E-state index is 13.2. The smallest absolute Gasteiger partial charge is 0.278 e. The van der Waals surface area contributed by atoms with Crippen LogP contribution in [0.25, 0.3) is 0 Å². The number of hydrazone groups is 1. The molecule has 3 aromatic rings. The SMILES string of the molecule is COc1ccccc1C(=O)N1N=C(c2ccccc2)C[C@H]1C(=O)c1ccco1. The summed E-state index contributed by atoms with van der Waals surface area (Å²) in [5, 5.41) is 5.75. The van der Waals surface area contributed by atoms with E-state index in [-0.39, 0.29) is 11.5 Å². The third-order valence-corrected chi connectivity index (χ3v) is 4.63. The number of methoxy groups -OCH3 is 1. The molecule has 1 aliphatic rings. The first-order valence-corrected chi connectivity index (χ1v) is 8.86. The third kappa shape index (κ3) is 3.20. The molecule has 0 fully saturated rings. The van der Waals surface area contributed by atoms with Crippen molar-refractivity contribution >= 4 is 17.4 Å². The molecule has 0 radical (unpaired) electrons. The van der Waals surface area contributed by atoms with Gasteiger partial charge >= 0.3 is 0 Å². The quantitative estimate of drug-likeness (QED) is 0.637. The molecule has 0 saturated heterocycles. The molecule has 0 N–H and O–H groups in total. The predicted molar refractivity (Wildman–Crippen MR) is 104 cm³/mol. The molecule has 0 aliphatic carbocycles. The second-order valence-corrected chi connectivity index (χ2v) is 6.32. The van der Waals surface area contributed by atoms with E-state index in [0.717, 1.165) is 5.56 Å². The number of furan rings is 1. The maximum atomic E-state index is 13.2. The molecule has 6 nitrogen and oxygen atoms in total. The Bertz CT molecular complexity index is 1030. The lowest BCUT2D eigenvalue weighted by Crippen LogP contribution is -2.38. The largest absolute Gasteiger partial charge is 0.496 e. The normalized spacial score (nSPS) is 16.0. The van der Waals surface area contributed by atoms with Crippen molar-refractivity contribution in [2.45, 2.75) is 12.5 Å². The number of hydrogen-bond donors (Lipinski definition) is 0. The second-order valence-electron chi connectivity index (χ2n) is 6.32. The number of nitrogens with zero attached hydrogens (tertiary/aromatic N) is 2. The molecule has 140 valence electrons. The Morgan fingerprint density at radius 1 is 1.04 bits per heavy atom. The fourth-order valence-corrected chi connectivity index (χ4v) is 3.23. The molecule has 1 amide bonds. The highest BCUT2D eigenvalue weighted by atomic mass is 16.5. The second kappa shape index (κ2) is 7.52. The molecule has 0 spiro atoms. The van der Waals surface area contributed by atoms with E-state index < -0.39 is 11.9 Å². The average Bonchev–Trinajstić information content (AvgIpc) is 3.44. The van der Waals surface area contributed by atoms with Crippen molar-refractivity contribution in [1.82, 2.24) is 5.01 Å². The highest BCUT2D eigenvalue weighted by Crippen LogP contribution is 2.28. The molecule has 1 atom stereocenters. The lowest BCUT2D eigenvalue weighted by Gasteiger charge is -2.20. The zero-order chi connectivity index (χ0) is 19.5. The topological polar surface area (TPSA) is 72.1 Å². The van der Waals surface area contributed by atoms with E-state index >= 15 is 0 Å². The van der Waals surface area contributed by atoms with Crippen LogP contribution < -0.4 is 4.74 Å². The van der Waals surface area contributed by atoms with Crippen molar-refractivity contribution in [3.8, 4) is 5.75 Å². The number of hydrogen-bond acceptors (Lipinski definition) is 5. The van der Waals surface area contributed by atoms with Gasteiger partial charge in [0.05, 0.1) is 24.6 Å². The lowest BCUT2D eigenvalue weighted by atomic mass is 10.00. The van der Waals surface area contributed by atoms with E-state index in [2.05, 4.69) is 5.10 Å². The number of carbonyl (C=O) groups is 2. The Kier molecular flexibility index (Phi) is 4.76. The number of rotatable bonds is 5. The number of ether oxygens (including phenoxy) is 1. The molecule has 28 heavy (non-hydrogen) atoms. The van der Waals surface area contributed by atoms with Crippen LogP contribution >= 0.6 is 0 Å². The molecule has 1 aliphatic heterocycles. The van der Waals surface area contributed by atoms with E-state index in [0.29, 0.717) is 23.4 Å². The molecule has 0 saturated carbocycles. The van der Waals surface area contributed by atoms with E-state index in [1.165, 1.54) is 18.4 Å². The van der Waals surface area contributed by atoms with E-state index in [9.17, 15) is 9.59 Å². The average molecular weight is 374 g/mol. The Balaban J connectivity index is 1.74. The highest BCUT2D eigenvalue weighted by molar-refractivity contribution is 6.11. The lowest BCUT2D eigenvalue weighted by molar-refractivity contribution is 0.0633. The maximum Gasteiger partial charge on any atom is 0.278 e. The molecule has 4 rings (SSSR count). The molecule has 2 heterocycles. The van der Waals surface area contributed by atoms with Gasteiger partial charge in [0.2, 0.25) is 5.78 Å². The Labute approximate surface area is 162 Å². The van der Waals surface area contributed by atoms with Gasteiger partial charge in [-0.2, -0.15) is 5.10 Å². The van der Waals surface area contributed by atoms with Gasteiger partial charge in [-0.3, -0.25) is 9.59 Å². The van der Waals surface area contributed by atoms with E-state index in [4.69, 9.17) is 9.15 Å². The van der Waals surface area contributed by atoms with Gasteiger partial charge < -0.3 is 9.15 Å². The number of carbonyl (C=O) groups excluding carboxylic acids is 2. The van der Waals surface area contributed by atoms with E-state index in [1.54, 1.807) is 36.4 Å². The van der Waals surface area contributed by atoms with Crippen molar-refractivity contribution < 1.29 is 18.7 Å². The van der Waals surface area contributed by atoms with Crippen LogP contribution in [0.15, 0.2) is 82.5 Å².